The predicted octanol–water partition coefficient (Wildman–Crippen LogP) is 0.620. The SMILES string of the molecule is COC(=O)Cn1ccn(-c2cc(F)ccc2C)c(=O)c1=O. The van der Waals surface area contributed by atoms with Crippen molar-refractivity contribution >= 4 is 5.97 Å². The van der Waals surface area contributed by atoms with Gasteiger partial charge in [0.25, 0.3) is 0 Å². The first kappa shape index (κ1) is 14.7. The van der Waals surface area contributed by atoms with Gasteiger partial charge in [0.15, 0.2) is 0 Å². The van der Waals surface area contributed by atoms with Gasteiger partial charge in [-0.1, -0.05) is 6.07 Å². The van der Waals surface area contributed by atoms with Crippen molar-refractivity contribution in [1.29, 1.82) is 0 Å². The number of aryl methyl sites for hydroxylation is 1. The van der Waals surface area contributed by atoms with Gasteiger partial charge in [-0.3, -0.25) is 23.5 Å². The minimum absolute atomic E-state index is 0.280. The van der Waals surface area contributed by atoms with E-state index in [1.165, 1.54) is 37.7 Å². The summed E-state index contributed by atoms with van der Waals surface area (Å²) in [5.74, 6) is -1.16. The van der Waals surface area contributed by atoms with Crippen LogP contribution in [-0.2, 0) is 16.1 Å². The second-order valence-corrected chi connectivity index (χ2v) is 4.41. The van der Waals surface area contributed by atoms with Crippen molar-refractivity contribution < 1.29 is 13.9 Å². The van der Waals surface area contributed by atoms with Crippen molar-refractivity contribution in [1.82, 2.24) is 9.13 Å². The molecule has 2 aromatic rings. The molecule has 1 aromatic heterocycles. The van der Waals surface area contributed by atoms with Gasteiger partial charge >= 0.3 is 17.1 Å². The summed E-state index contributed by atoms with van der Waals surface area (Å²) in [5, 5.41) is 0. The first-order valence-electron chi connectivity index (χ1n) is 6.09. The van der Waals surface area contributed by atoms with E-state index in [1.807, 2.05) is 0 Å². The molecule has 0 bridgehead atoms. The molecule has 1 heterocycles. The molecule has 110 valence electrons. The maximum Gasteiger partial charge on any atom is 0.325 e. The smallest absolute Gasteiger partial charge is 0.325 e. The van der Waals surface area contributed by atoms with E-state index in [0.29, 0.717) is 5.56 Å². The largest absolute Gasteiger partial charge is 0.468 e. The van der Waals surface area contributed by atoms with Crippen LogP contribution < -0.4 is 11.1 Å². The Morgan fingerprint density at radius 3 is 2.62 bits per heavy atom. The Hall–Kier alpha value is -2.70. The summed E-state index contributed by atoms with van der Waals surface area (Å²) < 4.78 is 19.7. The molecule has 0 unspecified atom stereocenters. The highest BCUT2D eigenvalue weighted by Gasteiger charge is 2.11. The van der Waals surface area contributed by atoms with Crippen molar-refractivity contribution in [3.63, 3.8) is 0 Å². The lowest BCUT2D eigenvalue weighted by Gasteiger charge is -2.10. The molecule has 0 aliphatic carbocycles. The maximum atomic E-state index is 13.3. The quantitative estimate of drug-likeness (QED) is 0.614. The van der Waals surface area contributed by atoms with Gasteiger partial charge in [0.1, 0.15) is 12.4 Å². The van der Waals surface area contributed by atoms with Gasteiger partial charge in [0.05, 0.1) is 12.8 Å². The van der Waals surface area contributed by atoms with Gasteiger partial charge in [-0.15, -0.1) is 0 Å². The standard InChI is InChI=1S/C14H13FN2O4/c1-9-3-4-10(15)7-11(9)17-6-5-16(8-12(18)21-2)13(19)14(17)20/h3-7H,8H2,1-2H3. The van der Waals surface area contributed by atoms with Crippen LogP contribution in [0.25, 0.3) is 5.69 Å². The summed E-state index contributed by atoms with van der Waals surface area (Å²) in [7, 11) is 1.19. The fraction of sp³-hybridized carbons (Fsp3) is 0.214. The number of benzene rings is 1. The number of methoxy groups -OCH3 is 1. The Labute approximate surface area is 119 Å². The molecule has 6 nitrogen and oxygen atoms in total. The van der Waals surface area contributed by atoms with Gasteiger partial charge in [-0.05, 0) is 24.6 Å². The topological polar surface area (TPSA) is 70.3 Å². The van der Waals surface area contributed by atoms with Gasteiger partial charge in [-0.2, -0.15) is 0 Å². The van der Waals surface area contributed by atoms with Crippen molar-refractivity contribution in [3.05, 3.63) is 62.7 Å². The molecule has 2 rings (SSSR count). The number of esters is 1. The molecular formula is C14H13FN2O4. The summed E-state index contributed by atoms with van der Waals surface area (Å²) in [4.78, 5) is 35.2. The van der Waals surface area contributed by atoms with Crippen LogP contribution in [0.2, 0.25) is 0 Å². The zero-order chi connectivity index (χ0) is 15.6. The molecule has 7 heteroatoms. The van der Waals surface area contributed by atoms with E-state index in [9.17, 15) is 18.8 Å². The van der Waals surface area contributed by atoms with E-state index < -0.39 is 22.9 Å². The number of carbonyl (C=O) groups excluding carboxylic acids is 1. The molecule has 0 spiro atoms. The summed E-state index contributed by atoms with van der Waals surface area (Å²) in [6.45, 7) is 1.34. The molecule has 0 N–H and O–H groups in total. The predicted molar refractivity (Wildman–Crippen MR) is 73.0 cm³/mol. The zero-order valence-corrected chi connectivity index (χ0v) is 11.5. The first-order chi connectivity index (χ1) is 9.93. The van der Waals surface area contributed by atoms with Gasteiger partial charge in [-0.25, -0.2) is 4.39 Å². The third-order valence-corrected chi connectivity index (χ3v) is 3.02. The normalized spacial score (nSPS) is 10.4. The second-order valence-electron chi connectivity index (χ2n) is 4.41. The lowest BCUT2D eigenvalue weighted by atomic mass is 10.2. The average molecular weight is 292 g/mol. The van der Waals surface area contributed by atoms with Crippen molar-refractivity contribution in [3.8, 4) is 5.69 Å². The molecule has 0 saturated heterocycles. The Morgan fingerprint density at radius 1 is 1.24 bits per heavy atom. The summed E-state index contributed by atoms with van der Waals surface area (Å²) in [6, 6.07) is 3.94. The molecule has 21 heavy (non-hydrogen) atoms. The average Bonchev–Trinajstić information content (AvgIpc) is 2.47. The van der Waals surface area contributed by atoms with E-state index in [2.05, 4.69) is 4.74 Å². The van der Waals surface area contributed by atoms with Crippen LogP contribution in [0.3, 0.4) is 0 Å². The van der Waals surface area contributed by atoms with Crippen molar-refractivity contribution in [2.45, 2.75) is 13.5 Å². The lowest BCUT2D eigenvalue weighted by Crippen LogP contribution is -2.41. The zero-order valence-electron chi connectivity index (χ0n) is 11.5. The monoisotopic (exact) mass is 292 g/mol. The van der Waals surface area contributed by atoms with Crippen molar-refractivity contribution in [2.24, 2.45) is 0 Å². The molecule has 0 aliphatic rings. The van der Waals surface area contributed by atoms with Crippen LogP contribution in [0.15, 0.2) is 40.2 Å². The third kappa shape index (κ3) is 2.91. The molecule has 0 atom stereocenters. The van der Waals surface area contributed by atoms with Crippen LogP contribution in [0.5, 0.6) is 0 Å². The summed E-state index contributed by atoms with van der Waals surface area (Å²) in [5.41, 5.74) is -0.826. The fourth-order valence-corrected chi connectivity index (χ4v) is 1.87. The third-order valence-electron chi connectivity index (χ3n) is 3.02. The minimum atomic E-state index is -0.883. The molecule has 1 aromatic carbocycles. The number of hydrogen-bond donors (Lipinski definition) is 0. The number of aromatic nitrogens is 2. The van der Waals surface area contributed by atoms with E-state index in [0.717, 1.165) is 9.13 Å². The summed E-state index contributed by atoms with van der Waals surface area (Å²) in [6.07, 6.45) is 2.60. The van der Waals surface area contributed by atoms with Gasteiger partial charge < -0.3 is 4.74 Å². The fourth-order valence-electron chi connectivity index (χ4n) is 1.87. The summed E-state index contributed by atoms with van der Waals surface area (Å²) >= 11 is 0. The van der Waals surface area contributed by atoms with E-state index >= 15 is 0 Å². The molecule has 0 amide bonds. The molecule has 0 aliphatic heterocycles. The van der Waals surface area contributed by atoms with Crippen LogP contribution in [0.4, 0.5) is 4.39 Å². The molecule has 0 saturated carbocycles. The Morgan fingerprint density at radius 2 is 1.95 bits per heavy atom. The number of halogens is 1. The van der Waals surface area contributed by atoms with Crippen molar-refractivity contribution in [2.75, 3.05) is 7.11 Å². The Balaban J connectivity index is 2.56. The van der Waals surface area contributed by atoms with Crippen LogP contribution in [0, 0.1) is 12.7 Å². The van der Waals surface area contributed by atoms with E-state index in [4.69, 9.17) is 0 Å². The van der Waals surface area contributed by atoms with E-state index in [1.54, 1.807) is 6.92 Å². The number of ether oxygens (including phenoxy) is 1. The molecular weight excluding hydrogens is 279 g/mol. The highest BCUT2D eigenvalue weighted by atomic mass is 19.1. The highest BCUT2D eigenvalue weighted by molar-refractivity contribution is 5.68. The van der Waals surface area contributed by atoms with Gasteiger partial charge in [0, 0.05) is 12.4 Å². The Kier molecular flexibility index (Phi) is 4.02. The number of carbonyl (C=O) groups is 1. The minimum Gasteiger partial charge on any atom is -0.468 e. The Bertz CT molecular complexity index is 807. The van der Waals surface area contributed by atoms with Gasteiger partial charge in [0.2, 0.25) is 0 Å². The second kappa shape index (κ2) is 5.74. The van der Waals surface area contributed by atoms with Crippen LogP contribution in [0.1, 0.15) is 5.56 Å². The first-order valence-corrected chi connectivity index (χ1v) is 6.09. The highest BCUT2D eigenvalue weighted by Crippen LogP contribution is 2.13. The number of hydrogen-bond acceptors (Lipinski definition) is 4. The van der Waals surface area contributed by atoms with Crippen LogP contribution >= 0.6 is 0 Å². The van der Waals surface area contributed by atoms with Crippen LogP contribution in [-0.4, -0.2) is 22.2 Å². The number of nitrogens with zero attached hydrogens (tertiary/aromatic N) is 2. The molecule has 0 radical (unpaired) electrons. The number of rotatable bonds is 3. The lowest BCUT2D eigenvalue weighted by molar-refractivity contribution is -0.141. The molecule has 0 fully saturated rings. The van der Waals surface area contributed by atoms with E-state index in [-0.39, 0.29) is 12.2 Å². The maximum absolute atomic E-state index is 13.3.